The third kappa shape index (κ3) is 2.35. The highest BCUT2D eigenvalue weighted by Crippen LogP contribution is 2.35. The van der Waals surface area contributed by atoms with Crippen molar-refractivity contribution in [2.24, 2.45) is 5.92 Å². The highest BCUT2D eigenvalue weighted by molar-refractivity contribution is 7.22. The van der Waals surface area contributed by atoms with Gasteiger partial charge in [-0.3, -0.25) is 0 Å². The van der Waals surface area contributed by atoms with Crippen LogP contribution < -0.4 is 4.90 Å². The average Bonchev–Trinajstić information content (AvgIpc) is 2.82. The van der Waals surface area contributed by atoms with Crippen molar-refractivity contribution >= 4 is 26.7 Å². The summed E-state index contributed by atoms with van der Waals surface area (Å²) >= 11 is 1.75. The first-order valence-corrected chi connectivity index (χ1v) is 7.74. The van der Waals surface area contributed by atoms with Crippen molar-refractivity contribution in [1.29, 1.82) is 0 Å². The fraction of sp³-hybridized carbons (Fsp3) is 0.533. The van der Waals surface area contributed by atoms with Gasteiger partial charge in [0.25, 0.3) is 0 Å². The molecule has 1 fully saturated rings. The first-order valence-electron chi connectivity index (χ1n) is 6.93. The van der Waals surface area contributed by atoms with Gasteiger partial charge in [-0.1, -0.05) is 30.4 Å². The fourth-order valence-corrected chi connectivity index (χ4v) is 3.86. The number of piperidine rings is 1. The van der Waals surface area contributed by atoms with E-state index in [-0.39, 0.29) is 0 Å². The van der Waals surface area contributed by atoms with Crippen LogP contribution in [-0.4, -0.2) is 28.8 Å². The Balaban J connectivity index is 1.86. The molecule has 3 rings (SSSR count). The Bertz CT molecular complexity index is 545. The predicted molar refractivity (Wildman–Crippen MR) is 80.9 cm³/mol. The van der Waals surface area contributed by atoms with Crippen molar-refractivity contribution in [3.63, 3.8) is 0 Å². The molecule has 0 bridgehead atoms. The monoisotopic (exact) mass is 276 g/mol. The maximum Gasteiger partial charge on any atom is 0.186 e. The highest BCUT2D eigenvalue weighted by atomic mass is 32.1. The van der Waals surface area contributed by atoms with E-state index in [1.807, 2.05) is 13.0 Å². The molecule has 2 heterocycles. The Kier molecular flexibility index (Phi) is 3.23. The minimum absolute atomic E-state index is 0.327. The number of hydrogen-bond donors (Lipinski definition) is 1. The lowest BCUT2D eigenvalue weighted by atomic mass is 9.81. The molecule has 3 nitrogen and oxygen atoms in total. The molecular weight excluding hydrogens is 256 g/mol. The average molecular weight is 276 g/mol. The normalized spacial score (nSPS) is 27.9. The molecule has 1 aromatic carbocycles. The second-order valence-electron chi connectivity index (χ2n) is 5.62. The van der Waals surface area contributed by atoms with E-state index in [1.165, 1.54) is 4.70 Å². The van der Waals surface area contributed by atoms with Crippen LogP contribution in [0.5, 0.6) is 0 Å². The van der Waals surface area contributed by atoms with Gasteiger partial charge < -0.3 is 10.0 Å². The quantitative estimate of drug-likeness (QED) is 0.914. The fourth-order valence-electron chi connectivity index (χ4n) is 2.86. The first-order chi connectivity index (χ1) is 9.10. The van der Waals surface area contributed by atoms with Crippen molar-refractivity contribution in [1.82, 2.24) is 4.98 Å². The van der Waals surface area contributed by atoms with Gasteiger partial charge in [-0.05, 0) is 31.9 Å². The molecule has 1 aliphatic rings. The summed E-state index contributed by atoms with van der Waals surface area (Å²) < 4.78 is 1.24. The Morgan fingerprint density at radius 1 is 1.47 bits per heavy atom. The number of aliphatic hydroxyl groups is 1. The van der Waals surface area contributed by atoms with E-state index >= 15 is 0 Å². The largest absolute Gasteiger partial charge is 0.390 e. The zero-order valence-corrected chi connectivity index (χ0v) is 12.3. The third-order valence-electron chi connectivity index (χ3n) is 4.25. The predicted octanol–water partition coefficient (Wildman–Crippen LogP) is 3.28. The summed E-state index contributed by atoms with van der Waals surface area (Å²) in [4.78, 5) is 7.05. The Morgan fingerprint density at radius 2 is 2.26 bits per heavy atom. The second-order valence-corrected chi connectivity index (χ2v) is 6.63. The van der Waals surface area contributed by atoms with Crippen LogP contribution in [0.2, 0.25) is 0 Å². The van der Waals surface area contributed by atoms with Gasteiger partial charge in [0.15, 0.2) is 5.13 Å². The number of rotatable bonds is 2. The molecule has 1 aliphatic heterocycles. The molecule has 102 valence electrons. The number of para-hydroxylation sites is 1. The van der Waals surface area contributed by atoms with E-state index in [2.05, 4.69) is 30.0 Å². The summed E-state index contributed by atoms with van der Waals surface area (Å²) in [5.74, 6) is 0.327. The van der Waals surface area contributed by atoms with Gasteiger partial charge in [0.2, 0.25) is 0 Å². The van der Waals surface area contributed by atoms with Crippen LogP contribution in [0.15, 0.2) is 24.3 Å². The van der Waals surface area contributed by atoms with Gasteiger partial charge in [-0.15, -0.1) is 0 Å². The summed E-state index contributed by atoms with van der Waals surface area (Å²) in [6, 6.07) is 8.27. The maximum atomic E-state index is 10.4. The van der Waals surface area contributed by atoms with Gasteiger partial charge in [0.1, 0.15) is 0 Å². The molecule has 0 saturated carbocycles. The van der Waals surface area contributed by atoms with Crippen LogP contribution in [-0.2, 0) is 0 Å². The lowest BCUT2D eigenvalue weighted by Gasteiger charge is -2.42. The molecule has 0 spiro atoms. The second kappa shape index (κ2) is 4.76. The lowest BCUT2D eigenvalue weighted by Crippen LogP contribution is -2.50. The number of benzene rings is 1. The molecule has 19 heavy (non-hydrogen) atoms. The topological polar surface area (TPSA) is 36.4 Å². The van der Waals surface area contributed by atoms with E-state index in [9.17, 15) is 5.11 Å². The van der Waals surface area contributed by atoms with Gasteiger partial charge in [0, 0.05) is 19.0 Å². The van der Waals surface area contributed by atoms with E-state index in [4.69, 9.17) is 4.98 Å². The van der Waals surface area contributed by atoms with Crippen LogP contribution >= 0.6 is 11.3 Å². The van der Waals surface area contributed by atoms with Gasteiger partial charge in [-0.2, -0.15) is 0 Å². The van der Waals surface area contributed by atoms with Crippen molar-refractivity contribution in [3.8, 4) is 0 Å². The van der Waals surface area contributed by atoms with Crippen LogP contribution in [0.25, 0.3) is 10.2 Å². The summed E-state index contributed by atoms with van der Waals surface area (Å²) in [6.07, 6.45) is 1.83. The smallest absolute Gasteiger partial charge is 0.186 e. The number of hydrogen-bond acceptors (Lipinski definition) is 4. The lowest BCUT2D eigenvalue weighted by molar-refractivity contribution is -0.0182. The molecule has 2 aromatic rings. The zero-order chi connectivity index (χ0) is 13.5. The summed E-state index contributed by atoms with van der Waals surface area (Å²) in [5.41, 5.74) is 0.551. The van der Waals surface area contributed by atoms with Crippen molar-refractivity contribution in [2.45, 2.75) is 32.3 Å². The van der Waals surface area contributed by atoms with E-state index in [0.29, 0.717) is 5.92 Å². The minimum atomic E-state index is -0.526. The molecule has 1 saturated heterocycles. The summed E-state index contributed by atoms with van der Waals surface area (Å²) in [6.45, 7) is 5.92. The van der Waals surface area contributed by atoms with Gasteiger partial charge in [0.05, 0.1) is 15.8 Å². The van der Waals surface area contributed by atoms with E-state index in [1.54, 1.807) is 11.3 Å². The molecule has 0 radical (unpaired) electrons. The SMILES string of the molecule is CC[C@@H]1CN(c2nc3ccccc3s2)CC[C@]1(C)O. The molecule has 1 aromatic heterocycles. The summed E-state index contributed by atoms with van der Waals surface area (Å²) in [7, 11) is 0. The number of anilines is 1. The number of fused-ring (bicyclic) bond motifs is 1. The third-order valence-corrected chi connectivity index (χ3v) is 5.35. The molecule has 1 N–H and O–H groups in total. The van der Waals surface area contributed by atoms with Crippen molar-refractivity contribution in [3.05, 3.63) is 24.3 Å². The standard InChI is InChI=1S/C15H20N2OS/c1-3-11-10-17(9-8-15(11,2)18)14-16-12-6-4-5-7-13(12)19-14/h4-7,11,18H,3,8-10H2,1-2H3/t11-,15+/m1/s1. The number of thiazole rings is 1. The number of nitrogens with zero attached hydrogens (tertiary/aromatic N) is 2. The van der Waals surface area contributed by atoms with Crippen LogP contribution in [0.3, 0.4) is 0 Å². The molecule has 2 atom stereocenters. The number of aromatic nitrogens is 1. The Morgan fingerprint density at radius 3 is 3.00 bits per heavy atom. The molecule has 0 aliphatic carbocycles. The zero-order valence-electron chi connectivity index (χ0n) is 11.5. The minimum Gasteiger partial charge on any atom is -0.390 e. The van der Waals surface area contributed by atoms with Crippen LogP contribution in [0.1, 0.15) is 26.7 Å². The van der Waals surface area contributed by atoms with Crippen molar-refractivity contribution < 1.29 is 5.11 Å². The molecular formula is C15H20N2OS. The molecule has 0 unspecified atom stereocenters. The summed E-state index contributed by atoms with van der Waals surface area (Å²) in [5, 5.41) is 11.5. The van der Waals surface area contributed by atoms with Crippen LogP contribution in [0.4, 0.5) is 5.13 Å². The molecule has 0 amide bonds. The van der Waals surface area contributed by atoms with E-state index < -0.39 is 5.60 Å². The van der Waals surface area contributed by atoms with Crippen molar-refractivity contribution in [2.75, 3.05) is 18.0 Å². The van der Waals surface area contributed by atoms with E-state index in [0.717, 1.165) is 36.6 Å². The Labute approximate surface area is 117 Å². The Hall–Kier alpha value is -1.13. The van der Waals surface area contributed by atoms with Gasteiger partial charge in [-0.25, -0.2) is 4.98 Å². The van der Waals surface area contributed by atoms with Gasteiger partial charge >= 0.3 is 0 Å². The highest BCUT2D eigenvalue weighted by Gasteiger charge is 2.37. The maximum absolute atomic E-state index is 10.4. The van der Waals surface area contributed by atoms with Crippen LogP contribution in [0, 0.1) is 5.92 Å². The first kappa shape index (κ1) is 12.9. The molecule has 4 heteroatoms.